The van der Waals surface area contributed by atoms with Crippen LogP contribution in [0, 0.1) is 0 Å². The maximum atomic E-state index is 4.33. The number of halogens is 3. The molecule has 0 aliphatic heterocycles. The zero-order valence-corrected chi connectivity index (χ0v) is 13.7. The van der Waals surface area contributed by atoms with Crippen molar-refractivity contribution < 1.29 is 0 Å². The molecule has 0 aliphatic rings. The van der Waals surface area contributed by atoms with Crippen LogP contribution in [0.3, 0.4) is 0 Å². The second-order valence-electron chi connectivity index (χ2n) is 3.27. The summed E-state index contributed by atoms with van der Waals surface area (Å²) in [6.07, 6.45) is 2.72. The maximum Gasteiger partial charge on any atom is 0.0753 e. The first-order valence-electron chi connectivity index (χ1n) is 4.65. The van der Waals surface area contributed by atoms with Gasteiger partial charge in [0.15, 0.2) is 0 Å². The van der Waals surface area contributed by atoms with Gasteiger partial charge in [0.2, 0.25) is 0 Å². The molecule has 2 aromatic rings. The average Bonchev–Trinajstić information content (AvgIpc) is 2.59. The Morgan fingerprint density at radius 3 is 2.69 bits per heavy atom. The predicted octanol–water partition coefficient (Wildman–Crippen LogP) is 5.35. The van der Waals surface area contributed by atoms with Crippen LogP contribution in [0.1, 0.15) is 16.1 Å². The summed E-state index contributed by atoms with van der Waals surface area (Å²) < 4.78 is 2.30. The molecule has 0 radical (unpaired) electrons. The van der Waals surface area contributed by atoms with E-state index < -0.39 is 0 Å². The second kappa shape index (κ2) is 5.76. The molecule has 0 saturated heterocycles. The molecule has 0 saturated carbocycles. The first-order valence-corrected chi connectivity index (χ1v) is 7.97. The summed E-state index contributed by atoms with van der Waals surface area (Å²) in [5.74, 6) is 0. The number of aromatic nitrogens is 1. The highest BCUT2D eigenvalue weighted by Crippen LogP contribution is 2.39. The molecule has 2 rings (SSSR count). The molecule has 2 heterocycles. The van der Waals surface area contributed by atoms with Crippen LogP contribution in [0.4, 0.5) is 0 Å². The van der Waals surface area contributed by atoms with Crippen molar-refractivity contribution in [3.05, 3.63) is 49.3 Å². The molecule has 0 aliphatic carbocycles. The van der Waals surface area contributed by atoms with E-state index in [2.05, 4.69) is 58.8 Å². The standard InChI is InChI=1S/C11H8Br3NS/c12-9(5-7-3-1-2-4-15-7)8-6-10(13)16-11(8)14/h1-4,6,9H,5H2. The lowest BCUT2D eigenvalue weighted by atomic mass is 10.1. The molecule has 0 amide bonds. The van der Waals surface area contributed by atoms with Crippen LogP contribution in [0.5, 0.6) is 0 Å². The minimum atomic E-state index is 0.291. The average molecular weight is 426 g/mol. The van der Waals surface area contributed by atoms with Gasteiger partial charge in [-0.25, -0.2) is 0 Å². The van der Waals surface area contributed by atoms with Crippen LogP contribution in [0.2, 0.25) is 0 Å². The van der Waals surface area contributed by atoms with Gasteiger partial charge >= 0.3 is 0 Å². The molecule has 1 unspecified atom stereocenters. The monoisotopic (exact) mass is 423 g/mol. The van der Waals surface area contributed by atoms with Crippen molar-refractivity contribution in [2.75, 3.05) is 0 Å². The molecular formula is C11H8Br3NS. The van der Waals surface area contributed by atoms with Gasteiger partial charge in [-0.05, 0) is 55.6 Å². The van der Waals surface area contributed by atoms with Crippen molar-refractivity contribution in [2.24, 2.45) is 0 Å². The van der Waals surface area contributed by atoms with Gasteiger partial charge in [-0.15, -0.1) is 11.3 Å². The Hall–Kier alpha value is 0.290. The molecule has 0 aromatic carbocycles. The molecule has 84 valence electrons. The number of hydrogen-bond acceptors (Lipinski definition) is 2. The van der Waals surface area contributed by atoms with Gasteiger partial charge in [0.05, 0.1) is 7.57 Å². The van der Waals surface area contributed by atoms with Crippen molar-refractivity contribution in [3.63, 3.8) is 0 Å². The van der Waals surface area contributed by atoms with Crippen molar-refractivity contribution in [1.29, 1.82) is 0 Å². The van der Waals surface area contributed by atoms with Gasteiger partial charge in [0, 0.05) is 23.1 Å². The fourth-order valence-corrected chi connectivity index (χ4v) is 5.50. The van der Waals surface area contributed by atoms with Crippen LogP contribution in [0.15, 0.2) is 38.0 Å². The Labute approximate surface area is 124 Å². The van der Waals surface area contributed by atoms with E-state index in [1.54, 1.807) is 11.3 Å². The van der Waals surface area contributed by atoms with Crippen LogP contribution >= 0.6 is 59.1 Å². The van der Waals surface area contributed by atoms with Gasteiger partial charge in [-0.1, -0.05) is 22.0 Å². The summed E-state index contributed by atoms with van der Waals surface area (Å²) in [7, 11) is 0. The summed E-state index contributed by atoms with van der Waals surface area (Å²) in [5, 5.41) is 0. The topological polar surface area (TPSA) is 12.9 Å². The van der Waals surface area contributed by atoms with E-state index in [1.807, 2.05) is 24.4 Å². The van der Waals surface area contributed by atoms with E-state index in [9.17, 15) is 0 Å². The quantitative estimate of drug-likeness (QED) is 0.604. The van der Waals surface area contributed by atoms with Crippen molar-refractivity contribution in [3.8, 4) is 0 Å². The zero-order chi connectivity index (χ0) is 11.5. The fraction of sp³-hybridized carbons (Fsp3) is 0.182. The Morgan fingerprint density at radius 1 is 1.31 bits per heavy atom. The first-order chi connectivity index (χ1) is 7.66. The molecule has 16 heavy (non-hydrogen) atoms. The highest BCUT2D eigenvalue weighted by Gasteiger charge is 2.15. The zero-order valence-electron chi connectivity index (χ0n) is 8.16. The van der Waals surface area contributed by atoms with Crippen molar-refractivity contribution >= 4 is 59.1 Å². The molecule has 0 spiro atoms. The van der Waals surface area contributed by atoms with Crippen LogP contribution in [-0.2, 0) is 6.42 Å². The third-order valence-corrected chi connectivity index (χ3v) is 5.34. The molecule has 0 bridgehead atoms. The summed E-state index contributed by atoms with van der Waals surface area (Å²) in [5.41, 5.74) is 2.36. The molecule has 0 N–H and O–H groups in total. The molecular weight excluding hydrogens is 418 g/mol. The largest absolute Gasteiger partial charge is 0.261 e. The summed E-state index contributed by atoms with van der Waals surface area (Å²) in [6.45, 7) is 0. The maximum absolute atomic E-state index is 4.33. The smallest absolute Gasteiger partial charge is 0.0753 e. The Balaban J connectivity index is 2.14. The van der Waals surface area contributed by atoms with E-state index in [-0.39, 0.29) is 0 Å². The Morgan fingerprint density at radius 2 is 2.12 bits per heavy atom. The van der Waals surface area contributed by atoms with Crippen molar-refractivity contribution in [1.82, 2.24) is 4.98 Å². The number of pyridine rings is 1. The molecule has 5 heteroatoms. The van der Waals surface area contributed by atoms with E-state index in [0.717, 1.165) is 19.7 Å². The fourth-order valence-electron chi connectivity index (χ4n) is 1.38. The summed E-state index contributed by atoms with van der Waals surface area (Å²) in [6, 6.07) is 8.13. The molecule has 0 fully saturated rings. The lowest BCUT2D eigenvalue weighted by molar-refractivity contribution is 0.905. The molecule has 2 aromatic heterocycles. The SMILES string of the molecule is Brc1cc(C(Br)Cc2ccccn2)c(Br)s1. The van der Waals surface area contributed by atoms with E-state index in [0.29, 0.717) is 4.83 Å². The number of alkyl halides is 1. The highest BCUT2D eigenvalue weighted by atomic mass is 79.9. The number of thiophene rings is 1. The Bertz CT molecular complexity index is 469. The predicted molar refractivity (Wildman–Crippen MR) is 79.3 cm³/mol. The first kappa shape index (κ1) is 12.7. The minimum Gasteiger partial charge on any atom is -0.261 e. The minimum absolute atomic E-state index is 0.291. The van der Waals surface area contributed by atoms with Gasteiger partial charge in [0.1, 0.15) is 0 Å². The third-order valence-electron chi connectivity index (χ3n) is 2.14. The second-order valence-corrected chi connectivity index (χ2v) is 8.13. The molecule has 1 nitrogen and oxygen atoms in total. The normalized spacial score (nSPS) is 12.7. The van der Waals surface area contributed by atoms with E-state index in [4.69, 9.17) is 0 Å². The number of nitrogens with zero attached hydrogens (tertiary/aromatic N) is 1. The van der Waals surface area contributed by atoms with Crippen LogP contribution in [0.25, 0.3) is 0 Å². The number of hydrogen-bond donors (Lipinski definition) is 0. The lowest BCUT2D eigenvalue weighted by Gasteiger charge is -2.07. The summed E-state index contributed by atoms with van der Waals surface area (Å²) in [4.78, 5) is 4.62. The van der Waals surface area contributed by atoms with Crippen LogP contribution < -0.4 is 0 Å². The van der Waals surface area contributed by atoms with Gasteiger partial charge in [-0.2, -0.15) is 0 Å². The third kappa shape index (κ3) is 3.15. The van der Waals surface area contributed by atoms with Gasteiger partial charge in [-0.3, -0.25) is 4.98 Å². The van der Waals surface area contributed by atoms with E-state index in [1.165, 1.54) is 5.56 Å². The van der Waals surface area contributed by atoms with Gasteiger partial charge < -0.3 is 0 Å². The van der Waals surface area contributed by atoms with Gasteiger partial charge in [0.25, 0.3) is 0 Å². The molecule has 1 atom stereocenters. The van der Waals surface area contributed by atoms with Crippen molar-refractivity contribution in [2.45, 2.75) is 11.2 Å². The van der Waals surface area contributed by atoms with E-state index >= 15 is 0 Å². The highest BCUT2D eigenvalue weighted by molar-refractivity contribution is 9.12. The number of rotatable bonds is 3. The summed E-state index contributed by atoms with van der Waals surface area (Å²) >= 11 is 12.5. The Kier molecular flexibility index (Phi) is 4.58. The lowest BCUT2D eigenvalue weighted by Crippen LogP contribution is -1.96. The van der Waals surface area contributed by atoms with Crippen LogP contribution in [-0.4, -0.2) is 4.98 Å².